The van der Waals surface area contributed by atoms with Crippen LogP contribution in [-0.2, 0) is 14.2 Å². The lowest BCUT2D eigenvalue weighted by Gasteiger charge is -2.41. The Hall–Kier alpha value is -0.900. The summed E-state index contributed by atoms with van der Waals surface area (Å²) in [6.07, 6.45) is 0.0800. The number of carbonyl (C=O) groups is 1. The molecule has 2 rings (SSSR count). The van der Waals surface area contributed by atoms with E-state index in [0.29, 0.717) is 17.7 Å². The molecule has 1 aromatic rings. The van der Waals surface area contributed by atoms with E-state index >= 15 is 0 Å². The van der Waals surface area contributed by atoms with Crippen LogP contribution in [0.25, 0.3) is 0 Å². The average Bonchev–Trinajstić information content (AvgIpc) is 2.64. The summed E-state index contributed by atoms with van der Waals surface area (Å²) in [5, 5.41) is 10.6. The minimum Gasteiger partial charge on any atom is -0.497 e. The molecule has 1 heterocycles. The molecule has 6 nitrogen and oxygen atoms in total. The fraction of sp³-hybridized carbons (Fsp3) is 0.611. The van der Waals surface area contributed by atoms with E-state index in [9.17, 15) is 9.90 Å². The highest BCUT2D eigenvalue weighted by molar-refractivity contribution is 14.1. The van der Waals surface area contributed by atoms with Crippen molar-refractivity contribution in [2.24, 2.45) is 0 Å². The van der Waals surface area contributed by atoms with E-state index in [2.05, 4.69) is 29.5 Å². The number of carbonyl (C=O) groups excluding carboxylic acids is 1. The molecule has 0 saturated carbocycles. The third-order valence-electron chi connectivity index (χ3n) is 4.24. The first kappa shape index (κ1) is 20.4. The van der Waals surface area contributed by atoms with Gasteiger partial charge in [0.2, 0.25) is 0 Å². The third-order valence-corrected chi connectivity index (χ3v) is 5.54. The maximum atomic E-state index is 12.5. The second-order valence-electron chi connectivity index (χ2n) is 5.95. The van der Waals surface area contributed by atoms with E-state index in [1.807, 2.05) is 0 Å². The van der Waals surface area contributed by atoms with Gasteiger partial charge in [-0.2, -0.15) is 0 Å². The van der Waals surface area contributed by atoms with Crippen LogP contribution in [0.5, 0.6) is 5.75 Å². The molecule has 1 saturated heterocycles. The number of benzene rings is 1. The first-order chi connectivity index (χ1) is 12.0. The number of aliphatic hydroxyl groups excluding tert-OH is 1. The zero-order valence-corrected chi connectivity index (χ0v) is 16.8. The largest absolute Gasteiger partial charge is 0.497 e. The molecule has 1 N–H and O–H groups in total. The van der Waals surface area contributed by atoms with Gasteiger partial charge in [-0.25, -0.2) is 4.79 Å². The van der Waals surface area contributed by atoms with Crippen LogP contribution < -0.4 is 4.74 Å². The number of ether oxygens (including phenoxy) is 4. The molecule has 5 atom stereocenters. The maximum absolute atomic E-state index is 12.5. The Morgan fingerprint density at radius 1 is 1.28 bits per heavy atom. The summed E-state index contributed by atoms with van der Waals surface area (Å²) in [4.78, 5) is 12.5. The van der Waals surface area contributed by atoms with E-state index in [1.165, 1.54) is 0 Å². The van der Waals surface area contributed by atoms with E-state index in [-0.39, 0.29) is 3.92 Å². The first-order valence-electron chi connectivity index (χ1n) is 8.37. The van der Waals surface area contributed by atoms with Gasteiger partial charge >= 0.3 is 5.97 Å². The lowest BCUT2D eigenvalue weighted by atomic mass is 9.97. The lowest BCUT2D eigenvalue weighted by molar-refractivity contribution is -0.235. The molecule has 1 fully saturated rings. The minimum atomic E-state index is -0.887. The second kappa shape index (κ2) is 9.70. The standard InChI is InChI=1S/C18H25IO6/c1-4-5-6-13-15(20)16(14(19)18(23-3)24-13)25-17(21)11-7-9-12(22-2)10-8-11/h7-10,13-16,18,20H,4-6H2,1-3H3/t13-,14+,15-,16+,18+/m1/s1. The van der Waals surface area contributed by atoms with Crippen molar-refractivity contribution in [3.05, 3.63) is 29.8 Å². The zero-order valence-electron chi connectivity index (χ0n) is 14.7. The topological polar surface area (TPSA) is 74.2 Å². The summed E-state index contributed by atoms with van der Waals surface area (Å²) >= 11 is 2.10. The van der Waals surface area contributed by atoms with Gasteiger partial charge in [-0.3, -0.25) is 0 Å². The summed E-state index contributed by atoms with van der Waals surface area (Å²) in [5.74, 6) is 0.174. The minimum absolute atomic E-state index is 0.308. The number of aliphatic hydroxyl groups is 1. The molecule has 1 aliphatic heterocycles. The number of rotatable bonds is 7. The molecule has 0 radical (unpaired) electrons. The average molecular weight is 464 g/mol. The molecule has 1 aliphatic rings. The van der Waals surface area contributed by atoms with Crippen molar-refractivity contribution in [3.63, 3.8) is 0 Å². The third kappa shape index (κ3) is 5.06. The Labute approximate surface area is 161 Å². The second-order valence-corrected chi connectivity index (χ2v) is 7.39. The summed E-state index contributed by atoms with van der Waals surface area (Å²) in [7, 11) is 3.11. The molecule has 0 unspecified atom stereocenters. The van der Waals surface area contributed by atoms with Crippen LogP contribution >= 0.6 is 22.6 Å². The highest BCUT2D eigenvalue weighted by Crippen LogP contribution is 2.32. The Morgan fingerprint density at radius 3 is 2.52 bits per heavy atom. The number of esters is 1. The Morgan fingerprint density at radius 2 is 1.96 bits per heavy atom. The van der Waals surface area contributed by atoms with Crippen molar-refractivity contribution < 1.29 is 28.8 Å². The predicted octanol–water partition coefficient (Wildman–Crippen LogP) is 2.95. The van der Waals surface area contributed by atoms with E-state index in [0.717, 1.165) is 12.8 Å². The van der Waals surface area contributed by atoms with Gasteiger partial charge in [0.05, 0.1) is 18.8 Å². The normalized spacial score (nSPS) is 29.2. The molecule has 0 bridgehead atoms. The van der Waals surface area contributed by atoms with Gasteiger partial charge in [-0.15, -0.1) is 0 Å². The smallest absolute Gasteiger partial charge is 0.338 e. The van der Waals surface area contributed by atoms with Crippen molar-refractivity contribution in [2.45, 2.75) is 54.7 Å². The first-order valence-corrected chi connectivity index (χ1v) is 9.61. The van der Waals surface area contributed by atoms with Gasteiger partial charge in [0.15, 0.2) is 6.29 Å². The summed E-state index contributed by atoms with van der Waals surface area (Å²) in [6, 6.07) is 6.66. The SMILES string of the molecule is CCCC[C@H]1O[C@H](OC)[C@@H](I)[C@H](OC(=O)c2ccc(OC)cc2)[C@@H]1O. The molecule has 140 valence electrons. The van der Waals surface area contributed by atoms with Crippen LogP contribution in [0.3, 0.4) is 0 Å². The van der Waals surface area contributed by atoms with Gasteiger partial charge in [0.1, 0.15) is 21.9 Å². The fourth-order valence-electron chi connectivity index (χ4n) is 2.77. The molecular formula is C18H25IO6. The molecular weight excluding hydrogens is 439 g/mol. The molecule has 0 amide bonds. The van der Waals surface area contributed by atoms with Crippen molar-refractivity contribution in [1.82, 2.24) is 0 Å². The van der Waals surface area contributed by atoms with Crippen molar-refractivity contribution in [2.75, 3.05) is 14.2 Å². The monoisotopic (exact) mass is 464 g/mol. The summed E-state index contributed by atoms with van der Waals surface area (Å²) in [6.45, 7) is 2.07. The molecule has 1 aromatic carbocycles. The molecule has 25 heavy (non-hydrogen) atoms. The number of unbranched alkanes of at least 4 members (excludes halogenated alkanes) is 1. The zero-order chi connectivity index (χ0) is 18.4. The fourth-order valence-corrected chi connectivity index (χ4v) is 3.80. The Kier molecular flexibility index (Phi) is 7.92. The Balaban J connectivity index is 2.11. The van der Waals surface area contributed by atoms with E-state index in [1.54, 1.807) is 38.5 Å². The van der Waals surface area contributed by atoms with Crippen molar-refractivity contribution in [3.8, 4) is 5.75 Å². The number of hydrogen-bond donors (Lipinski definition) is 1. The Bertz CT molecular complexity index is 549. The predicted molar refractivity (Wildman–Crippen MR) is 101 cm³/mol. The van der Waals surface area contributed by atoms with Gasteiger partial charge in [0, 0.05) is 7.11 Å². The summed E-state index contributed by atoms with van der Waals surface area (Å²) < 4.78 is 21.6. The quantitative estimate of drug-likeness (QED) is 0.380. The van der Waals surface area contributed by atoms with Crippen LogP contribution in [0.2, 0.25) is 0 Å². The number of halogens is 1. The molecule has 7 heteroatoms. The molecule has 0 spiro atoms. The summed E-state index contributed by atoms with van der Waals surface area (Å²) in [5.41, 5.74) is 0.405. The van der Waals surface area contributed by atoms with Gasteiger partial charge < -0.3 is 24.1 Å². The van der Waals surface area contributed by atoms with Gasteiger partial charge in [-0.1, -0.05) is 42.4 Å². The van der Waals surface area contributed by atoms with E-state index < -0.39 is 30.6 Å². The highest BCUT2D eigenvalue weighted by Gasteiger charge is 2.46. The van der Waals surface area contributed by atoms with Crippen molar-refractivity contribution >= 4 is 28.6 Å². The maximum Gasteiger partial charge on any atom is 0.338 e. The van der Waals surface area contributed by atoms with Crippen LogP contribution in [0.4, 0.5) is 0 Å². The van der Waals surface area contributed by atoms with Crippen LogP contribution in [0.1, 0.15) is 36.5 Å². The number of alkyl halides is 1. The van der Waals surface area contributed by atoms with E-state index in [4.69, 9.17) is 18.9 Å². The van der Waals surface area contributed by atoms with Gasteiger partial charge in [-0.05, 0) is 30.7 Å². The number of hydrogen-bond acceptors (Lipinski definition) is 6. The number of methoxy groups -OCH3 is 2. The highest BCUT2D eigenvalue weighted by atomic mass is 127. The van der Waals surface area contributed by atoms with Crippen LogP contribution in [-0.4, -0.2) is 53.8 Å². The van der Waals surface area contributed by atoms with Crippen LogP contribution in [0.15, 0.2) is 24.3 Å². The van der Waals surface area contributed by atoms with Crippen molar-refractivity contribution in [1.29, 1.82) is 0 Å². The molecule has 0 aliphatic carbocycles. The van der Waals surface area contributed by atoms with Crippen LogP contribution in [0, 0.1) is 0 Å². The van der Waals surface area contributed by atoms with Gasteiger partial charge in [0.25, 0.3) is 0 Å². The lowest BCUT2D eigenvalue weighted by Crippen LogP contribution is -2.57. The molecule has 0 aromatic heterocycles.